The Labute approximate surface area is 323 Å². The number of urea groups is 1. The highest BCUT2D eigenvalue weighted by molar-refractivity contribution is 5.91. The van der Waals surface area contributed by atoms with Crippen molar-refractivity contribution in [3.63, 3.8) is 0 Å². The van der Waals surface area contributed by atoms with Gasteiger partial charge in [-0.1, -0.05) is 24.3 Å². The number of para-hydroxylation sites is 1. The van der Waals surface area contributed by atoms with Crippen LogP contribution in [-0.2, 0) is 31.9 Å². The number of benzene rings is 2. The van der Waals surface area contributed by atoms with Crippen molar-refractivity contribution in [2.75, 3.05) is 58.2 Å². The van der Waals surface area contributed by atoms with E-state index in [1.807, 2.05) is 34.1 Å². The molecule has 55 heavy (non-hydrogen) atoms. The minimum Gasteiger partial charge on any atom is -0.504 e. The number of carbonyl (C=O) groups is 4. The van der Waals surface area contributed by atoms with E-state index in [1.165, 1.54) is 7.11 Å². The van der Waals surface area contributed by atoms with Crippen molar-refractivity contribution in [1.82, 2.24) is 19.8 Å². The van der Waals surface area contributed by atoms with Crippen molar-refractivity contribution < 1.29 is 43.3 Å². The number of nitrogens with one attached hydrogen (secondary N) is 1. The highest BCUT2D eigenvalue weighted by Crippen LogP contribution is 2.35. The SMILES string of the molecule is COc1cc(C[C@@H](OC(=O)N2CCC(N3CCc4ccccc4NC3=O)CC2)C(=O)N2CCC(C3CCN(OC(=O)OC(C)(C)C)CC3)CC2)cc(C)c1O. The zero-order valence-corrected chi connectivity index (χ0v) is 32.9. The molecule has 4 heterocycles. The molecule has 0 bridgehead atoms. The van der Waals surface area contributed by atoms with Gasteiger partial charge in [0.25, 0.3) is 5.91 Å². The van der Waals surface area contributed by atoms with Crippen LogP contribution in [0.3, 0.4) is 0 Å². The molecule has 0 aromatic heterocycles. The molecule has 0 saturated carbocycles. The number of hydrogen-bond acceptors (Lipinski definition) is 10. The summed E-state index contributed by atoms with van der Waals surface area (Å²) in [5, 5.41) is 15.2. The molecule has 0 unspecified atom stereocenters. The van der Waals surface area contributed by atoms with E-state index in [4.69, 9.17) is 19.0 Å². The summed E-state index contributed by atoms with van der Waals surface area (Å²) in [7, 11) is 1.47. The predicted octanol–water partition coefficient (Wildman–Crippen LogP) is 6.13. The number of likely N-dealkylation sites (tertiary alicyclic amines) is 2. The summed E-state index contributed by atoms with van der Waals surface area (Å²) in [5.74, 6) is 0.960. The van der Waals surface area contributed by atoms with E-state index in [0.717, 1.165) is 43.4 Å². The molecule has 2 N–H and O–H groups in total. The number of carbonyl (C=O) groups excluding carboxylic acids is 4. The van der Waals surface area contributed by atoms with Crippen LogP contribution in [-0.4, -0.2) is 120 Å². The van der Waals surface area contributed by atoms with Crippen LogP contribution >= 0.6 is 0 Å². The number of nitrogens with zero attached hydrogens (tertiary/aromatic N) is 4. The Morgan fingerprint density at radius 1 is 0.891 bits per heavy atom. The molecule has 0 radical (unpaired) electrons. The van der Waals surface area contributed by atoms with E-state index >= 15 is 0 Å². The number of fused-ring (bicyclic) bond motifs is 1. The van der Waals surface area contributed by atoms with Gasteiger partial charge in [-0.15, -0.1) is 5.06 Å². The van der Waals surface area contributed by atoms with Gasteiger partial charge in [0.1, 0.15) is 5.60 Å². The molecule has 4 aliphatic rings. The number of methoxy groups -OCH3 is 1. The van der Waals surface area contributed by atoms with Crippen LogP contribution in [0.5, 0.6) is 11.5 Å². The van der Waals surface area contributed by atoms with Gasteiger partial charge in [-0.05, 0) is 113 Å². The second-order valence-corrected chi connectivity index (χ2v) is 16.3. The average molecular weight is 764 g/mol. The van der Waals surface area contributed by atoms with E-state index < -0.39 is 24.0 Å². The largest absolute Gasteiger partial charge is 0.528 e. The van der Waals surface area contributed by atoms with E-state index in [-0.39, 0.29) is 30.2 Å². The second kappa shape index (κ2) is 17.4. The number of rotatable bonds is 8. The lowest BCUT2D eigenvalue weighted by molar-refractivity contribution is -0.158. The molecule has 1 atom stereocenters. The smallest absolute Gasteiger partial charge is 0.504 e. The molecule has 6 rings (SSSR count). The number of hydrogen-bond donors (Lipinski definition) is 2. The van der Waals surface area contributed by atoms with Crippen LogP contribution in [0.25, 0.3) is 0 Å². The van der Waals surface area contributed by atoms with E-state index in [2.05, 4.69) is 5.32 Å². The number of piperidine rings is 3. The Kier molecular flexibility index (Phi) is 12.6. The summed E-state index contributed by atoms with van der Waals surface area (Å²) in [6, 6.07) is 11.2. The Hall–Kier alpha value is -4.72. The number of phenols is 1. The Bertz CT molecular complexity index is 1690. The number of aromatic hydroxyl groups is 1. The maximum atomic E-state index is 14.2. The van der Waals surface area contributed by atoms with Gasteiger partial charge >= 0.3 is 18.3 Å². The number of phenolic OH excluding ortho intramolecular Hbond substituents is 1. The minimum atomic E-state index is -1.07. The molecule has 300 valence electrons. The van der Waals surface area contributed by atoms with Crippen molar-refractivity contribution in [2.45, 2.75) is 96.8 Å². The first-order chi connectivity index (χ1) is 26.3. The Morgan fingerprint density at radius 3 is 2.18 bits per heavy atom. The fourth-order valence-electron chi connectivity index (χ4n) is 8.39. The summed E-state index contributed by atoms with van der Waals surface area (Å²) in [6.45, 7) is 10.9. The molecule has 2 aromatic rings. The number of anilines is 1. The molecular formula is C41H57N5O9. The highest BCUT2D eigenvalue weighted by Gasteiger charge is 2.37. The molecular weight excluding hydrogens is 706 g/mol. The number of ether oxygens (including phenoxy) is 3. The maximum absolute atomic E-state index is 14.2. The lowest BCUT2D eigenvalue weighted by Gasteiger charge is -2.40. The highest BCUT2D eigenvalue weighted by atomic mass is 16.8. The first kappa shape index (κ1) is 40.0. The zero-order valence-electron chi connectivity index (χ0n) is 32.9. The standard InChI is InChI=1S/C41H57N5O9/c1-27-24-28(25-34(52-5)36(27)47)26-35(37(48)43-17-10-29(11-18-43)30-12-21-45(22-13-30)55-40(51)54-41(2,3)4)53-39(50)44-19-15-32(16-20-44)46-23-14-31-8-6-7-9-33(31)42-38(46)49/h6-9,24-25,29-30,32,35,47H,10-23,26H2,1-5H3,(H,42,49)/t35-/m1/s1. The van der Waals surface area contributed by atoms with Gasteiger partial charge in [0.05, 0.1) is 7.11 Å². The fourth-order valence-corrected chi connectivity index (χ4v) is 8.39. The van der Waals surface area contributed by atoms with Crippen molar-refractivity contribution in [2.24, 2.45) is 11.8 Å². The second-order valence-electron chi connectivity index (χ2n) is 16.3. The van der Waals surface area contributed by atoms with Gasteiger partial charge in [-0.2, -0.15) is 0 Å². The van der Waals surface area contributed by atoms with E-state index in [9.17, 15) is 24.3 Å². The van der Waals surface area contributed by atoms with Gasteiger partial charge in [-0.25, -0.2) is 14.4 Å². The molecule has 14 heteroatoms. The van der Waals surface area contributed by atoms with Gasteiger partial charge in [-0.3, -0.25) is 4.79 Å². The topological polar surface area (TPSA) is 150 Å². The third-order valence-electron chi connectivity index (χ3n) is 11.4. The summed E-state index contributed by atoms with van der Waals surface area (Å²) in [5.41, 5.74) is 2.63. The van der Waals surface area contributed by atoms with Crippen molar-refractivity contribution in [3.8, 4) is 11.5 Å². The third-order valence-corrected chi connectivity index (χ3v) is 11.4. The molecule has 4 aliphatic heterocycles. The Balaban J connectivity index is 1.05. The van der Waals surface area contributed by atoms with Crippen LogP contribution in [0.2, 0.25) is 0 Å². The maximum Gasteiger partial charge on any atom is 0.528 e. The van der Waals surface area contributed by atoms with Gasteiger partial charge in [0.2, 0.25) is 0 Å². The van der Waals surface area contributed by atoms with Gasteiger partial charge < -0.3 is 44.2 Å². The summed E-state index contributed by atoms with van der Waals surface area (Å²) in [6.07, 6.45) is 3.21. The Morgan fingerprint density at radius 2 is 1.53 bits per heavy atom. The molecule has 4 amide bonds. The molecule has 0 spiro atoms. The van der Waals surface area contributed by atoms with Crippen LogP contribution in [0.15, 0.2) is 36.4 Å². The molecule has 14 nitrogen and oxygen atoms in total. The van der Waals surface area contributed by atoms with Crippen LogP contribution in [0.4, 0.5) is 20.1 Å². The van der Waals surface area contributed by atoms with Crippen molar-refractivity contribution in [3.05, 3.63) is 53.1 Å². The molecule has 3 fully saturated rings. The first-order valence-electron chi connectivity index (χ1n) is 19.7. The van der Waals surface area contributed by atoms with Gasteiger partial charge in [0, 0.05) is 64.0 Å². The third kappa shape index (κ3) is 10.1. The fraction of sp³-hybridized carbons (Fsp3) is 0.610. The molecule has 3 saturated heterocycles. The number of amides is 4. The summed E-state index contributed by atoms with van der Waals surface area (Å²) in [4.78, 5) is 64.0. The number of aryl methyl sites for hydroxylation is 1. The summed E-state index contributed by atoms with van der Waals surface area (Å²) >= 11 is 0. The average Bonchev–Trinajstić information content (AvgIpc) is 3.33. The van der Waals surface area contributed by atoms with E-state index in [1.54, 1.807) is 49.8 Å². The predicted molar refractivity (Wildman–Crippen MR) is 205 cm³/mol. The number of hydroxylamine groups is 2. The summed E-state index contributed by atoms with van der Waals surface area (Å²) < 4.78 is 16.7. The quantitative estimate of drug-likeness (QED) is 0.301. The normalized spacial score (nSPS) is 19.9. The molecule has 0 aliphatic carbocycles. The minimum absolute atomic E-state index is 0.0192. The lowest BCUT2D eigenvalue weighted by atomic mass is 9.79. The zero-order chi connectivity index (χ0) is 39.3. The monoisotopic (exact) mass is 763 g/mol. The van der Waals surface area contributed by atoms with Crippen molar-refractivity contribution >= 4 is 29.9 Å². The van der Waals surface area contributed by atoms with Crippen LogP contribution in [0.1, 0.15) is 76.0 Å². The first-order valence-corrected chi connectivity index (χ1v) is 19.7. The lowest BCUT2D eigenvalue weighted by Crippen LogP contribution is -2.52. The van der Waals surface area contributed by atoms with Crippen LogP contribution < -0.4 is 10.1 Å². The molecule has 2 aromatic carbocycles. The van der Waals surface area contributed by atoms with Crippen LogP contribution in [0, 0.1) is 18.8 Å². The van der Waals surface area contributed by atoms with Crippen molar-refractivity contribution in [1.29, 1.82) is 0 Å². The van der Waals surface area contributed by atoms with Gasteiger partial charge in [0.15, 0.2) is 17.6 Å². The van der Waals surface area contributed by atoms with E-state index in [0.29, 0.717) is 87.4 Å².